The summed E-state index contributed by atoms with van der Waals surface area (Å²) in [4.78, 5) is 11.1. The summed E-state index contributed by atoms with van der Waals surface area (Å²) in [6.07, 6.45) is 1.43. The fourth-order valence-electron chi connectivity index (χ4n) is 1.16. The van der Waals surface area contributed by atoms with Crippen molar-refractivity contribution in [2.75, 3.05) is 19.1 Å². The summed E-state index contributed by atoms with van der Waals surface area (Å²) in [6.45, 7) is 0. The molecule has 82 valence electrons. The molecule has 1 rings (SSSR count). The minimum atomic E-state index is -1.32. The van der Waals surface area contributed by atoms with Crippen molar-refractivity contribution in [3.63, 3.8) is 0 Å². The van der Waals surface area contributed by atoms with Crippen molar-refractivity contribution in [1.29, 1.82) is 0 Å². The topological polar surface area (TPSA) is 95.6 Å². The predicted octanol–water partition coefficient (Wildman–Crippen LogP) is 0.713. The molecular weight excluding hydrogens is 218 g/mol. The van der Waals surface area contributed by atoms with Crippen LogP contribution in [-0.4, -0.2) is 29.0 Å². The first-order valence-electron chi connectivity index (χ1n) is 4.01. The van der Waals surface area contributed by atoms with Gasteiger partial charge >= 0.3 is 5.97 Å². The van der Waals surface area contributed by atoms with Gasteiger partial charge in [0.15, 0.2) is 4.90 Å². The molecule has 0 saturated heterocycles. The van der Waals surface area contributed by atoms with E-state index in [-0.39, 0.29) is 17.0 Å². The molecule has 0 saturated carbocycles. The van der Waals surface area contributed by atoms with Gasteiger partial charge in [-0.3, -0.25) is 0 Å². The van der Waals surface area contributed by atoms with Crippen LogP contribution in [0.2, 0.25) is 0 Å². The van der Waals surface area contributed by atoms with Gasteiger partial charge in [0.25, 0.3) is 0 Å². The first-order chi connectivity index (χ1) is 6.97. The summed E-state index contributed by atoms with van der Waals surface area (Å²) in [5, 5.41) is 8.87. The lowest BCUT2D eigenvalue weighted by Crippen LogP contribution is -2.08. The van der Waals surface area contributed by atoms with E-state index in [4.69, 9.17) is 15.6 Å². The van der Waals surface area contributed by atoms with Gasteiger partial charge in [0, 0.05) is 12.1 Å². The highest BCUT2D eigenvalue weighted by atomic mass is 32.2. The molecule has 1 aromatic rings. The number of methoxy groups -OCH3 is 1. The number of aromatic carboxylic acids is 1. The van der Waals surface area contributed by atoms with Crippen LogP contribution >= 0.6 is 0 Å². The Labute approximate surface area is 90.0 Å². The number of rotatable bonds is 3. The monoisotopic (exact) mass is 229 g/mol. The third-order valence-corrected chi connectivity index (χ3v) is 2.84. The van der Waals surface area contributed by atoms with Crippen molar-refractivity contribution < 1.29 is 19.2 Å². The van der Waals surface area contributed by atoms with Crippen molar-refractivity contribution in [1.82, 2.24) is 0 Å². The van der Waals surface area contributed by atoms with E-state index in [0.29, 0.717) is 4.90 Å². The molecule has 0 aliphatic carbocycles. The predicted molar refractivity (Wildman–Crippen MR) is 56.7 cm³/mol. The summed E-state index contributed by atoms with van der Waals surface area (Å²) in [7, 11) is 1.35. The Kier molecular flexibility index (Phi) is 3.43. The number of carbonyl (C=O) groups is 1. The van der Waals surface area contributed by atoms with Crippen LogP contribution in [0, 0.1) is 0 Å². The van der Waals surface area contributed by atoms with E-state index in [9.17, 15) is 9.35 Å². The number of benzene rings is 1. The highest BCUT2D eigenvalue weighted by molar-refractivity contribution is 7.90. The second-order valence-electron chi connectivity index (χ2n) is 2.85. The quantitative estimate of drug-likeness (QED) is 0.588. The molecule has 0 aliphatic heterocycles. The average Bonchev–Trinajstić information content (AvgIpc) is 2.16. The van der Waals surface area contributed by atoms with E-state index in [2.05, 4.69) is 0 Å². The summed E-state index contributed by atoms with van der Waals surface area (Å²) < 4.78 is 16.1. The molecular formula is C9H11NO4S. The number of hydrogen-bond donors (Lipinski definition) is 2. The zero-order valence-corrected chi connectivity index (χ0v) is 9.13. The van der Waals surface area contributed by atoms with Crippen LogP contribution in [-0.2, 0) is 11.2 Å². The standard InChI is InChI=1S/C9H11NO4S/c1-14-7-4-6(10)8(15(2)13)3-5(7)9(11)12/h3-4H,10H2,1-2H3,(H,11,12). The van der Waals surface area contributed by atoms with Crippen LogP contribution in [0.1, 0.15) is 10.4 Å². The Bertz CT molecular complexity index is 392. The van der Waals surface area contributed by atoms with Gasteiger partial charge in [0.05, 0.1) is 12.8 Å². The maximum absolute atomic E-state index is 11.2. The molecule has 3 N–H and O–H groups in total. The molecule has 1 unspecified atom stereocenters. The lowest BCUT2D eigenvalue weighted by Gasteiger charge is -2.11. The Morgan fingerprint density at radius 2 is 2.20 bits per heavy atom. The smallest absolute Gasteiger partial charge is 0.339 e. The van der Waals surface area contributed by atoms with E-state index in [1.54, 1.807) is 0 Å². The van der Waals surface area contributed by atoms with Gasteiger partial charge < -0.3 is 20.1 Å². The van der Waals surface area contributed by atoms with Crippen LogP contribution < -0.4 is 10.5 Å². The molecule has 0 aromatic heterocycles. The number of nitrogens with two attached hydrogens (primary N) is 1. The molecule has 0 amide bonds. The summed E-state index contributed by atoms with van der Waals surface area (Å²) in [5.41, 5.74) is 5.82. The Morgan fingerprint density at radius 1 is 1.60 bits per heavy atom. The van der Waals surface area contributed by atoms with Gasteiger partial charge in [0.2, 0.25) is 0 Å². The van der Waals surface area contributed by atoms with Crippen molar-refractivity contribution in [3.8, 4) is 5.75 Å². The number of anilines is 1. The van der Waals surface area contributed by atoms with Crippen LogP contribution in [0.25, 0.3) is 0 Å². The fraction of sp³-hybridized carbons (Fsp3) is 0.222. The largest absolute Gasteiger partial charge is 0.612 e. The highest BCUT2D eigenvalue weighted by Crippen LogP contribution is 2.28. The van der Waals surface area contributed by atoms with Gasteiger partial charge in [-0.15, -0.1) is 0 Å². The molecule has 0 aliphatic rings. The van der Waals surface area contributed by atoms with Gasteiger partial charge in [-0.2, -0.15) is 0 Å². The molecule has 1 atom stereocenters. The molecule has 5 nitrogen and oxygen atoms in total. The molecule has 0 radical (unpaired) electrons. The lowest BCUT2D eigenvalue weighted by molar-refractivity contribution is 0.0693. The first kappa shape index (κ1) is 11.7. The number of carboxylic acid groups (broad SMARTS) is 1. The number of carboxylic acids is 1. The van der Waals surface area contributed by atoms with Gasteiger partial charge in [0.1, 0.15) is 17.6 Å². The van der Waals surface area contributed by atoms with E-state index in [1.807, 2.05) is 0 Å². The second kappa shape index (κ2) is 4.41. The van der Waals surface area contributed by atoms with Crippen molar-refractivity contribution in [3.05, 3.63) is 17.7 Å². The molecule has 0 fully saturated rings. The zero-order valence-electron chi connectivity index (χ0n) is 8.31. The summed E-state index contributed by atoms with van der Waals surface area (Å²) in [5.74, 6) is -0.979. The zero-order chi connectivity index (χ0) is 11.6. The molecule has 6 heteroatoms. The van der Waals surface area contributed by atoms with Gasteiger partial charge in [-0.25, -0.2) is 4.79 Å². The number of hydrogen-bond acceptors (Lipinski definition) is 4. The van der Waals surface area contributed by atoms with Crippen LogP contribution in [0.4, 0.5) is 5.69 Å². The number of nitrogen functional groups attached to an aromatic ring is 1. The van der Waals surface area contributed by atoms with E-state index < -0.39 is 17.1 Å². The summed E-state index contributed by atoms with van der Waals surface area (Å²) in [6, 6.07) is 2.63. The molecule has 0 heterocycles. The van der Waals surface area contributed by atoms with E-state index in [0.717, 1.165) is 0 Å². The van der Waals surface area contributed by atoms with E-state index in [1.165, 1.54) is 25.5 Å². The highest BCUT2D eigenvalue weighted by Gasteiger charge is 2.19. The van der Waals surface area contributed by atoms with Crippen LogP contribution in [0.3, 0.4) is 0 Å². The Morgan fingerprint density at radius 3 is 2.60 bits per heavy atom. The van der Waals surface area contributed by atoms with Gasteiger partial charge in [-0.05, 0) is 11.2 Å². The third kappa shape index (κ3) is 2.34. The van der Waals surface area contributed by atoms with Crippen molar-refractivity contribution in [2.45, 2.75) is 4.90 Å². The van der Waals surface area contributed by atoms with Gasteiger partial charge in [-0.1, -0.05) is 0 Å². The molecule has 15 heavy (non-hydrogen) atoms. The number of ether oxygens (including phenoxy) is 1. The molecule has 0 spiro atoms. The van der Waals surface area contributed by atoms with Crippen molar-refractivity contribution >= 4 is 22.8 Å². The normalized spacial score (nSPS) is 12.2. The van der Waals surface area contributed by atoms with Crippen LogP contribution in [0.5, 0.6) is 5.75 Å². The average molecular weight is 229 g/mol. The second-order valence-corrected chi connectivity index (χ2v) is 4.20. The first-order valence-corrected chi connectivity index (χ1v) is 5.57. The SMILES string of the molecule is COc1cc(N)c([S+](C)[O-])cc1C(=O)O. The minimum absolute atomic E-state index is 0.0445. The maximum atomic E-state index is 11.2. The lowest BCUT2D eigenvalue weighted by atomic mass is 10.2. The third-order valence-electron chi connectivity index (χ3n) is 1.87. The summed E-state index contributed by atoms with van der Waals surface area (Å²) >= 11 is -1.32. The molecule has 0 bridgehead atoms. The van der Waals surface area contributed by atoms with E-state index >= 15 is 0 Å². The Balaban J connectivity index is 3.37. The van der Waals surface area contributed by atoms with Crippen LogP contribution in [0.15, 0.2) is 17.0 Å². The van der Waals surface area contributed by atoms with Crippen molar-refractivity contribution in [2.24, 2.45) is 0 Å². The maximum Gasteiger partial charge on any atom is 0.339 e. The molecule has 1 aromatic carbocycles. The fourth-order valence-corrected chi connectivity index (χ4v) is 1.84. The minimum Gasteiger partial charge on any atom is -0.612 e. The Hall–Kier alpha value is -1.40.